The summed E-state index contributed by atoms with van der Waals surface area (Å²) in [4.78, 5) is 1.95. The van der Waals surface area contributed by atoms with E-state index in [2.05, 4.69) is 29.5 Å². The van der Waals surface area contributed by atoms with Gasteiger partial charge in [-0.2, -0.15) is 0 Å². The Morgan fingerprint density at radius 1 is 0.893 bits per heavy atom. The monoisotopic (exact) mass is 403 g/mol. The van der Waals surface area contributed by atoms with Crippen LogP contribution in [0.3, 0.4) is 0 Å². The first-order chi connectivity index (χ1) is 13.7. The van der Waals surface area contributed by atoms with Gasteiger partial charge in [-0.05, 0) is 66.5 Å². The van der Waals surface area contributed by atoms with Crippen molar-refractivity contribution in [2.45, 2.75) is 52.4 Å². The fraction of sp³-hybridized carbons (Fsp3) is 0.545. The van der Waals surface area contributed by atoms with Crippen LogP contribution >= 0.6 is 11.3 Å². The Hall–Kier alpha value is -1.76. The van der Waals surface area contributed by atoms with Gasteiger partial charge < -0.3 is 15.1 Å². The number of anilines is 1. The van der Waals surface area contributed by atoms with Crippen LogP contribution in [-0.4, -0.2) is 36.5 Å². The summed E-state index contributed by atoms with van der Waals surface area (Å²) >= 11 is 1.69. The first-order valence-corrected chi connectivity index (χ1v) is 11.2. The summed E-state index contributed by atoms with van der Waals surface area (Å²) in [5.41, 5.74) is 4.58. The maximum absolute atomic E-state index is 9.18. The van der Waals surface area contributed by atoms with Crippen molar-refractivity contribution in [2.24, 2.45) is 10.2 Å². The molecule has 0 saturated carbocycles. The van der Waals surface area contributed by atoms with Gasteiger partial charge in [0.25, 0.3) is 0 Å². The van der Waals surface area contributed by atoms with E-state index in [4.69, 9.17) is 0 Å². The molecule has 0 radical (unpaired) electrons. The Morgan fingerprint density at radius 3 is 2.14 bits per heavy atom. The Bertz CT molecular complexity index is 707. The lowest BCUT2D eigenvalue weighted by Gasteiger charge is -2.22. The SMILES string of the molecule is CCCCc1csc(N=Nc2ccc(N(CCO)CCO)cc2)c1CCCC. The van der Waals surface area contributed by atoms with E-state index in [1.54, 1.807) is 11.3 Å². The van der Waals surface area contributed by atoms with Crippen LogP contribution in [0.25, 0.3) is 0 Å². The second-order valence-corrected chi connectivity index (χ2v) is 7.76. The second-order valence-electron chi connectivity index (χ2n) is 6.90. The highest BCUT2D eigenvalue weighted by Crippen LogP contribution is 2.34. The lowest BCUT2D eigenvalue weighted by Crippen LogP contribution is -2.29. The van der Waals surface area contributed by atoms with Gasteiger partial charge in [0.2, 0.25) is 0 Å². The van der Waals surface area contributed by atoms with Crippen molar-refractivity contribution in [3.63, 3.8) is 0 Å². The molecule has 1 aromatic carbocycles. The normalized spacial score (nSPS) is 11.4. The van der Waals surface area contributed by atoms with Crippen molar-refractivity contribution in [1.82, 2.24) is 0 Å². The highest BCUT2D eigenvalue weighted by molar-refractivity contribution is 7.14. The van der Waals surface area contributed by atoms with Crippen molar-refractivity contribution in [3.05, 3.63) is 40.8 Å². The number of aliphatic hydroxyl groups excluding tert-OH is 2. The summed E-state index contributed by atoms with van der Waals surface area (Å²) in [6.45, 7) is 5.56. The number of nitrogens with zero attached hydrogens (tertiary/aromatic N) is 3. The number of aryl methyl sites for hydroxylation is 1. The number of hydrogen-bond donors (Lipinski definition) is 2. The Morgan fingerprint density at radius 2 is 1.54 bits per heavy atom. The Labute approximate surface area is 172 Å². The van der Waals surface area contributed by atoms with Gasteiger partial charge in [0.15, 0.2) is 0 Å². The molecule has 2 N–H and O–H groups in total. The predicted molar refractivity (Wildman–Crippen MR) is 119 cm³/mol. The molecule has 1 aromatic heterocycles. The van der Waals surface area contributed by atoms with E-state index in [-0.39, 0.29) is 13.2 Å². The third-order valence-electron chi connectivity index (χ3n) is 4.75. The molecular formula is C22H33N3O2S. The molecule has 0 aliphatic carbocycles. The molecule has 0 fully saturated rings. The summed E-state index contributed by atoms with van der Waals surface area (Å²) in [6, 6.07) is 7.77. The van der Waals surface area contributed by atoms with Crippen molar-refractivity contribution in [2.75, 3.05) is 31.2 Å². The van der Waals surface area contributed by atoms with E-state index >= 15 is 0 Å². The van der Waals surface area contributed by atoms with Gasteiger partial charge in [-0.15, -0.1) is 21.6 Å². The first-order valence-electron chi connectivity index (χ1n) is 10.3. The van der Waals surface area contributed by atoms with Crippen molar-refractivity contribution >= 4 is 27.7 Å². The number of rotatable bonds is 13. The van der Waals surface area contributed by atoms with Gasteiger partial charge in [0.05, 0.1) is 18.9 Å². The topological polar surface area (TPSA) is 68.4 Å². The van der Waals surface area contributed by atoms with Crippen LogP contribution < -0.4 is 4.90 Å². The van der Waals surface area contributed by atoms with E-state index in [0.717, 1.165) is 29.2 Å². The van der Waals surface area contributed by atoms with Gasteiger partial charge in [-0.25, -0.2) is 0 Å². The molecule has 6 heteroatoms. The van der Waals surface area contributed by atoms with Crippen molar-refractivity contribution in [3.8, 4) is 0 Å². The maximum Gasteiger partial charge on any atom is 0.142 e. The summed E-state index contributed by atoms with van der Waals surface area (Å²) in [7, 11) is 0. The number of azo groups is 1. The summed E-state index contributed by atoms with van der Waals surface area (Å²) < 4.78 is 0. The lowest BCUT2D eigenvalue weighted by molar-refractivity contribution is 0.281. The molecule has 0 aliphatic rings. The van der Waals surface area contributed by atoms with E-state index in [1.165, 1.54) is 36.8 Å². The van der Waals surface area contributed by atoms with Gasteiger partial charge in [-0.3, -0.25) is 0 Å². The molecule has 5 nitrogen and oxygen atoms in total. The molecule has 0 spiro atoms. The third-order valence-corrected chi connectivity index (χ3v) is 5.70. The predicted octanol–water partition coefficient (Wildman–Crippen LogP) is 5.64. The van der Waals surface area contributed by atoms with E-state index in [0.29, 0.717) is 13.1 Å². The second kappa shape index (κ2) is 12.6. The lowest BCUT2D eigenvalue weighted by atomic mass is 10.0. The molecule has 0 unspecified atom stereocenters. The van der Waals surface area contributed by atoms with Gasteiger partial charge in [-0.1, -0.05) is 26.7 Å². The highest BCUT2D eigenvalue weighted by Gasteiger charge is 2.11. The minimum atomic E-state index is 0.0563. The molecule has 2 rings (SSSR count). The van der Waals surface area contributed by atoms with Crippen LogP contribution in [0.2, 0.25) is 0 Å². The zero-order valence-electron chi connectivity index (χ0n) is 17.1. The smallest absolute Gasteiger partial charge is 0.142 e. The molecule has 0 aliphatic heterocycles. The number of aliphatic hydroxyl groups is 2. The Kier molecular flexibility index (Phi) is 10.2. The molecule has 0 atom stereocenters. The first kappa shape index (κ1) is 22.5. The molecular weight excluding hydrogens is 370 g/mol. The Balaban J connectivity index is 2.12. The van der Waals surface area contributed by atoms with Gasteiger partial charge in [0, 0.05) is 18.8 Å². The standard InChI is InChI=1S/C22H33N3O2S/c1-3-5-7-18-17-28-22(21(18)8-6-4-2)24-23-19-9-11-20(12-10-19)25(13-15-26)14-16-27/h9-12,17,26-27H,3-8,13-16H2,1-2H3. The van der Waals surface area contributed by atoms with E-state index < -0.39 is 0 Å². The number of thiophene rings is 1. The van der Waals surface area contributed by atoms with Crippen molar-refractivity contribution < 1.29 is 10.2 Å². The maximum atomic E-state index is 9.18. The molecule has 0 saturated heterocycles. The average molecular weight is 404 g/mol. The fourth-order valence-electron chi connectivity index (χ4n) is 3.13. The summed E-state index contributed by atoms with van der Waals surface area (Å²) in [5, 5.41) is 30.6. The van der Waals surface area contributed by atoms with Crippen LogP contribution in [0, 0.1) is 0 Å². The number of unbranched alkanes of at least 4 members (excludes halogenated alkanes) is 2. The van der Waals surface area contributed by atoms with Crippen LogP contribution in [0.1, 0.15) is 50.7 Å². The van der Waals surface area contributed by atoms with Gasteiger partial charge >= 0.3 is 0 Å². The fourth-order valence-corrected chi connectivity index (χ4v) is 4.11. The largest absolute Gasteiger partial charge is 0.395 e. The van der Waals surface area contributed by atoms with Crippen LogP contribution in [0.5, 0.6) is 0 Å². The molecule has 2 aromatic rings. The zero-order valence-corrected chi connectivity index (χ0v) is 17.9. The molecule has 0 amide bonds. The third kappa shape index (κ3) is 6.69. The average Bonchev–Trinajstić information content (AvgIpc) is 3.11. The van der Waals surface area contributed by atoms with E-state index in [9.17, 15) is 10.2 Å². The summed E-state index contributed by atoms with van der Waals surface area (Å²) in [5.74, 6) is 0. The minimum Gasteiger partial charge on any atom is -0.395 e. The van der Waals surface area contributed by atoms with Crippen LogP contribution in [-0.2, 0) is 12.8 Å². The quantitative estimate of drug-likeness (QED) is 0.425. The zero-order chi connectivity index (χ0) is 20.2. The minimum absolute atomic E-state index is 0.0563. The highest BCUT2D eigenvalue weighted by atomic mass is 32.1. The molecule has 0 bridgehead atoms. The van der Waals surface area contributed by atoms with Crippen LogP contribution in [0.4, 0.5) is 16.4 Å². The summed E-state index contributed by atoms with van der Waals surface area (Å²) in [6.07, 6.45) is 6.98. The number of benzene rings is 1. The number of hydrogen-bond acceptors (Lipinski definition) is 6. The molecule has 154 valence electrons. The van der Waals surface area contributed by atoms with Crippen molar-refractivity contribution in [1.29, 1.82) is 0 Å². The van der Waals surface area contributed by atoms with Gasteiger partial charge in [0.1, 0.15) is 5.00 Å². The van der Waals surface area contributed by atoms with Crippen LogP contribution in [0.15, 0.2) is 39.9 Å². The molecule has 1 heterocycles. The van der Waals surface area contributed by atoms with E-state index in [1.807, 2.05) is 29.2 Å². The molecule has 28 heavy (non-hydrogen) atoms.